The molecule has 5 heteroatoms. The minimum Gasteiger partial charge on any atom is -0.252 e. The molecule has 0 saturated heterocycles. The van der Waals surface area contributed by atoms with Gasteiger partial charge in [-0.1, -0.05) is 0 Å². The van der Waals surface area contributed by atoms with E-state index in [1.807, 2.05) is 12.1 Å². The molecule has 15 heavy (non-hydrogen) atoms. The molecule has 0 atom stereocenters. The summed E-state index contributed by atoms with van der Waals surface area (Å²) >= 11 is 8.96. The number of rotatable bonds is 2. The lowest BCUT2D eigenvalue weighted by Gasteiger charge is -1.99. The monoisotopic (exact) mass is 283 g/mol. The van der Waals surface area contributed by atoms with Gasteiger partial charge in [-0.05, 0) is 28.1 Å². The number of hydrogen-bond acceptors (Lipinski definition) is 3. The molecule has 0 bridgehead atoms. The van der Waals surface area contributed by atoms with E-state index in [1.165, 1.54) is 0 Å². The molecule has 0 aliphatic carbocycles. The predicted molar refractivity (Wildman–Crippen MR) is 62.5 cm³/mol. The summed E-state index contributed by atoms with van der Waals surface area (Å²) in [6.45, 7) is 0. The van der Waals surface area contributed by atoms with Crippen LogP contribution >= 0.6 is 27.5 Å². The first-order chi connectivity index (χ1) is 7.29. The number of hydrogen-bond donors (Lipinski definition) is 0. The number of pyridine rings is 1. The van der Waals surface area contributed by atoms with E-state index in [1.54, 1.807) is 18.6 Å². The van der Waals surface area contributed by atoms with Crippen molar-refractivity contribution in [1.82, 2.24) is 15.0 Å². The smallest absolute Gasteiger partial charge is 0.178 e. The van der Waals surface area contributed by atoms with Crippen molar-refractivity contribution in [1.29, 1.82) is 0 Å². The Hall–Kier alpha value is -1.00. The van der Waals surface area contributed by atoms with Gasteiger partial charge in [-0.3, -0.25) is 4.98 Å². The molecule has 0 radical (unpaired) electrons. The quantitative estimate of drug-likeness (QED) is 0.796. The van der Waals surface area contributed by atoms with Crippen LogP contribution in [0.25, 0.3) is 11.5 Å². The first kappa shape index (κ1) is 10.5. The zero-order valence-electron chi connectivity index (χ0n) is 7.69. The molecule has 2 rings (SSSR count). The van der Waals surface area contributed by atoms with E-state index in [-0.39, 0.29) is 0 Å². The minimum atomic E-state index is 0.425. The standard InChI is InChI=1S/C10H7BrClN3/c11-8-1-2-9(13-6-8)10-14-4-7(3-12)5-15-10/h1-2,4-6H,3H2. The summed E-state index contributed by atoms with van der Waals surface area (Å²) in [4.78, 5) is 12.6. The lowest BCUT2D eigenvalue weighted by molar-refractivity contribution is 1.10. The molecule has 76 valence electrons. The Morgan fingerprint density at radius 2 is 1.80 bits per heavy atom. The number of alkyl halides is 1. The lowest BCUT2D eigenvalue weighted by Crippen LogP contribution is -1.92. The second-order valence-electron chi connectivity index (χ2n) is 2.91. The van der Waals surface area contributed by atoms with Gasteiger partial charge in [-0.25, -0.2) is 9.97 Å². The maximum absolute atomic E-state index is 5.64. The molecular weight excluding hydrogens is 277 g/mol. The highest BCUT2D eigenvalue weighted by Gasteiger charge is 2.02. The van der Waals surface area contributed by atoms with Gasteiger partial charge in [0.1, 0.15) is 5.69 Å². The fraction of sp³-hybridized carbons (Fsp3) is 0.100. The normalized spacial score (nSPS) is 10.3. The van der Waals surface area contributed by atoms with Gasteiger partial charge in [0, 0.05) is 28.6 Å². The highest BCUT2D eigenvalue weighted by Crippen LogP contribution is 2.14. The van der Waals surface area contributed by atoms with Crippen molar-refractivity contribution in [3.05, 3.63) is 40.8 Å². The van der Waals surface area contributed by atoms with Gasteiger partial charge in [0.2, 0.25) is 0 Å². The lowest BCUT2D eigenvalue weighted by atomic mass is 10.3. The molecular formula is C10H7BrClN3. The molecule has 0 aromatic carbocycles. The first-order valence-electron chi connectivity index (χ1n) is 4.28. The molecule has 0 unspecified atom stereocenters. The summed E-state index contributed by atoms with van der Waals surface area (Å²) in [6.07, 6.45) is 5.13. The van der Waals surface area contributed by atoms with E-state index in [4.69, 9.17) is 11.6 Å². The van der Waals surface area contributed by atoms with Crippen LogP contribution in [0.1, 0.15) is 5.56 Å². The van der Waals surface area contributed by atoms with Gasteiger partial charge < -0.3 is 0 Å². The van der Waals surface area contributed by atoms with Crippen molar-refractivity contribution in [3.8, 4) is 11.5 Å². The van der Waals surface area contributed by atoms with E-state index in [0.717, 1.165) is 15.7 Å². The maximum Gasteiger partial charge on any atom is 0.178 e. The summed E-state index contributed by atoms with van der Waals surface area (Å²) in [5, 5.41) is 0. The van der Waals surface area contributed by atoms with E-state index in [9.17, 15) is 0 Å². The second-order valence-corrected chi connectivity index (χ2v) is 4.09. The fourth-order valence-corrected chi connectivity index (χ4v) is 1.44. The summed E-state index contributed by atoms with van der Waals surface area (Å²) in [6, 6.07) is 3.76. The Bertz CT molecular complexity index is 441. The van der Waals surface area contributed by atoms with Crippen LogP contribution in [0.5, 0.6) is 0 Å². The Kier molecular flexibility index (Phi) is 3.28. The Morgan fingerprint density at radius 1 is 1.07 bits per heavy atom. The Labute approximate surface area is 101 Å². The van der Waals surface area contributed by atoms with Crippen LogP contribution in [-0.2, 0) is 5.88 Å². The molecule has 0 aliphatic rings. The Balaban J connectivity index is 2.33. The van der Waals surface area contributed by atoms with E-state index in [2.05, 4.69) is 30.9 Å². The predicted octanol–water partition coefficient (Wildman–Crippen LogP) is 3.04. The van der Waals surface area contributed by atoms with Crippen LogP contribution < -0.4 is 0 Å². The van der Waals surface area contributed by atoms with Gasteiger partial charge in [0.05, 0.1) is 5.88 Å². The average molecular weight is 285 g/mol. The number of halogens is 2. The first-order valence-corrected chi connectivity index (χ1v) is 5.61. The van der Waals surface area contributed by atoms with Crippen molar-refractivity contribution in [3.63, 3.8) is 0 Å². The number of nitrogens with zero attached hydrogens (tertiary/aromatic N) is 3. The SMILES string of the molecule is ClCc1cnc(-c2ccc(Br)cn2)nc1. The van der Waals surface area contributed by atoms with Crippen LogP contribution in [-0.4, -0.2) is 15.0 Å². The molecule has 0 N–H and O–H groups in total. The second kappa shape index (κ2) is 4.68. The zero-order valence-corrected chi connectivity index (χ0v) is 10.0. The minimum absolute atomic E-state index is 0.425. The van der Waals surface area contributed by atoms with Crippen molar-refractivity contribution in [2.45, 2.75) is 5.88 Å². The van der Waals surface area contributed by atoms with Crippen LogP contribution in [0.4, 0.5) is 0 Å². The third kappa shape index (κ3) is 2.52. The molecule has 2 heterocycles. The summed E-state index contributed by atoms with van der Waals surface area (Å²) in [7, 11) is 0. The molecule has 2 aromatic rings. The van der Waals surface area contributed by atoms with Gasteiger partial charge in [0.15, 0.2) is 5.82 Å². The van der Waals surface area contributed by atoms with Crippen molar-refractivity contribution < 1.29 is 0 Å². The topological polar surface area (TPSA) is 38.7 Å². The molecule has 2 aromatic heterocycles. The Morgan fingerprint density at radius 3 is 2.33 bits per heavy atom. The fourth-order valence-electron chi connectivity index (χ4n) is 1.06. The van der Waals surface area contributed by atoms with Gasteiger partial charge >= 0.3 is 0 Å². The largest absolute Gasteiger partial charge is 0.252 e. The highest BCUT2D eigenvalue weighted by atomic mass is 79.9. The maximum atomic E-state index is 5.64. The molecule has 0 aliphatic heterocycles. The van der Waals surface area contributed by atoms with Crippen LogP contribution in [0, 0.1) is 0 Å². The zero-order chi connectivity index (χ0) is 10.7. The van der Waals surface area contributed by atoms with Crippen molar-refractivity contribution >= 4 is 27.5 Å². The van der Waals surface area contributed by atoms with Gasteiger partial charge in [-0.2, -0.15) is 0 Å². The molecule has 0 spiro atoms. The average Bonchev–Trinajstić information content (AvgIpc) is 2.30. The van der Waals surface area contributed by atoms with Crippen LogP contribution in [0.3, 0.4) is 0 Å². The summed E-state index contributed by atoms with van der Waals surface area (Å²) in [5.74, 6) is 1.03. The van der Waals surface area contributed by atoms with Crippen molar-refractivity contribution in [2.75, 3.05) is 0 Å². The molecule has 0 saturated carbocycles. The summed E-state index contributed by atoms with van der Waals surface area (Å²) in [5.41, 5.74) is 1.65. The van der Waals surface area contributed by atoms with Crippen LogP contribution in [0.2, 0.25) is 0 Å². The number of aromatic nitrogens is 3. The molecule has 0 amide bonds. The molecule has 0 fully saturated rings. The highest BCUT2D eigenvalue weighted by molar-refractivity contribution is 9.10. The summed E-state index contributed by atoms with van der Waals surface area (Å²) < 4.78 is 0.934. The van der Waals surface area contributed by atoms with Crippen molar-refractivity contribution in [2.24, 2.45) is 0 Å². The third-order valence-corrected chi connectivity index (χ3v) is 2.59. The van der Waals surface area contributed by atoms with Gasteiger partial charge in [0.25, 0.3) is 0 Å². The van der Waals surface area contributed by atoms with E-state index < -0.39 is 0 Å². The third-order valence-electron chi connectivity index (χ3n) is 1.82. The van der Waals surface area contributed by atoms with Crippen LogP contribution in [0.15, 0.2) is 35.2 Å². The van der Waals surface area contributed by atoms with Gasteiger partial charge in [-0.15, -0.1) is 11.6 Å². The molecule has 3 nitrogen and oxygen atoms in total. The van der Waals surface area contributed by atoms with E-state index in [0.29, 0.717) is 11.7 Å². The van der Waals surface area contributed by atoms with E-state index >= 15 is 0 Å².